The molecular formula is C5H10O2. The average molecular weight is 106 g/mol. The Balaban J connectivity index is 3.35. The van der Waals surface area contributed by atoms with Gasteiger partial charge in [0.25, 0.3) is 0 Å². The van der Waals surface area contributed by atoms with Crippen molar-refractivity contribution in [2.75, 3.05) is 6.61 Å². The van der Waals surface area contributed by atoms with Crippen LogP contribution in [-0.4, -0.2) is 17.5 Å². The number of aliphatic hydroxyl groups is 1. The summed E-state index contributed by atoms with van der Waals surface area (Å²) in [6.07, 6.45) is 0. The highest BCUT2D eigenvalue weighted by Crippen LogP contribution is 1.90. The zero-order valence-corrected chi connectivity index (χ0v) is 4.64. The molecule has 0 bridgehead atoms. The summed E-state index contributed by atoms with van der Waals surface area (Å²) in [6.45, 7) is 3.20. The number of hydrogen-bond acceptors (Lipinski definition) is 2. The molecule has 1 N–H and O–H groups in total. The zero-order valence-electron chi connectivity index (χ0n) is 4.64. The van der Waals surface area contributed by atoms with Crippen molar-refractivity contribution in [3.05, 3.63) is 0 Å². The second-order valence-electron chi connectivity index (χ2n) is 1.78. The number of hydrogen-bond donors (Lipinski definition) is 1. The number of rotatable bonds is 2. The van der Waals surface area contributed by atoms with Gasteiger partial charge in [-0.2, -0.15) is 0 Å². The molecule has 0 saturated carbocycles. The Labute approximate surface area is 43.2 Å². The Morgan fingerprint density at radius 1 is 1.71 bits per heavy atom. The molecule has 0 heterocycles. The second kappa shape index (κ2) is 2.75. The van der Waals surface area contributed by atoms with E-state index in [1.54, 1.807) is 13.8 Å². The highest BCUT2D eigenvalue weighted by atomic mass is 16.5. The molecule has 0 aliphatic rings. The van der Waals surface area contributed by atoms with Gasteiger partial charge in [0, 0.05) is 5.92 Å². The summed E-state index contributed by atoms with van der Waals surface area (Å²) in [6, 6.07) is 0. The van der Waals surface area contributed by atoms with Crippen LogP contribution in [0.25, 0.3) is 0 Å². The largest absolute Gasteiger partial charge is 0.389 e. The van der Waals surface area contributed by atoms with Crippen molar-refractivity contribution in [3.8, 4) is 0 Å². The summed E-state index contributed by atoms with van der Waals surface area (Å²) in [7, 11) is 0. The molecule has 2 nitrogen and oxygen atoms in total. The molecule has 0 aromatic carbocycles. The number of Topliss-reactive ketones (excluding diaryl/α,β-unsaturated/α-hetero) is 1. The van der Waals surface area contributed by atoms with Crippen LogP contribution in [0.15, 0.2) is 0 Å². The first-order chi connectivity index (χ1) is 3.18. The molecule has 0 saturated heterocycles. The summed E-state index contributed by atoms with van der Waals surface area (Å²) in [4.78, 5) is 10.3. The fraction of sp³-hybridized carbons (Fsp3) is 0.800. The van der Waals surface area contributed by atoms with Gasteiger partial charge in [-0.3, -0.25) is 4.79 Å². The van der Waals surface area contributed by atoms with E-state index in [-0.39, 0.29) is 18.3 Å². The van der Waals surface area contributed by atoms with Crippen LogP contribution in [0.5, 0.6) is 0 Å². The van der Waals surface area contributed by atoms with E-state index in [1.807, 2.05) is 0 Å². The molecule has 0 fully saturated rings. The van der Waals surface area contributed by atoms with Crippen molar-refractivity contribution < 1.29 is 9.90 Å². The summed E-state index contributed by atoms with van der Waals surface area (Å²) < 4.78 is 0. The van der Waals surface area contributed by atoms with Gasteiger partial charge in [0.2, 0.25) is 0 Å². The van der Waals surface area contributed by atoms with Crippen molar-refractivity contribution in [1.29, 1.82) is 0 Å². The lowest BCUT2D eigenvalue weighted by Gasteiger charge is -1.95. The van der Waals surface area contributed by atoms with Gasteiger partial charge in [0.1, 0.15) is 6.61 Å². The van der Waals surface area contributed by atoms with Gasteiger partial charge < -0.3 is 5.11 Å². The van der Waals surface area contributed by atoms with Gasteiger partial charge in [-0.15, -0.1) is 0 Å². The van der Waals surface area contributed by atoms with E-state index < -0.39 is 0 Å². The van der Waals surface area contributed by atoms with Crippen molar-refractivity contribution >= 4 is 5.78 Å². The first-order valence-corrected chi connectivity index (χ1v) is 2.32. The van der Waals surface area contributed by atoms with Crippen molar-refractivity contribution in [1.82, 2.24) is 0 Å². The van der Waals surface area contributed by atoms with Crippen LogP contribution in [-0.2, 0) is 4.79 Å². The Morgan fingerprint density at radius 3 is 2.14 bits per heavy atom. The van der Waals surface area contributed by atoms with E-state index in [2.05, 4.69) is 0 Å². The van der Waals surface area contributed by atoms with Crippen molar-refractivity contribution in [2.24, 2.45) is 5.92 Å². The van der Waals surface area contributed by atoms with Gasteiger partial charge in [-0.05, 0) is 0 Å². The Kier molecular flexibility index (Phi) is 2.60. The Hall–Kier alpha value is -0.370. The monoisotopic (exact) mass is 106 g/mol. The maximum absolute atomic E-state index is 10.3. The number of carbonyl (C=O) groups is 1. The van der Waals surface area contributed by atoms with Gasteiger partial charge in [0.15, 0.2) is 5.78 Å². The summed E-state index contributed by atoms with van der Waals surface area (Å²) in [5.41, 5.74) is 0. The summed E-state index contributed by atoms with van der Waals surface area (Å²) in [5.74, 6) is -0.120. The first-order valence-electron chi connectivity index (χ1n) is 2.32. The minimum absolute atomic E-state index is 0.0231. The molecule has 0 aromatic rings. The van der Waals surface area contributed by atoms with Crippen LogP contribution < -0.4 is 0 Å². The van der Waals surface area contributed by atoms with Crippen molar-refractivity contribution in [2.45, 2.75) is 13.8 Å². The van der Waals surface area contributed by atoms with Gasteiger partial charge in [-0.1, -0.05) is 13.8 Å². The maximum Gasteiger partial charge on any atom is 0.160 e. The van der Waals surface area contributed by atoms with Crippen LogP contribution in [0.3, 0.4) is 0 Å². The highest BCUT2D eigenvalue weighted by Gasteiger charge is 2.02. The lowest BCUT2D eigenvalue weighted by atomic mass is 10.4. The molecule has 0 radical (unpaired) electrons. The molecule has 42 valence electrons. The SMILES string of the molecule is CC(C)[14C](=O)[14CH2]O. The lowest BCUT2D eigenvalue weighted by Crippen LogP contribution is -2.10. The third-order valence-electron chi connectivity index (χ3n) is 0.800. The van der Waals surface area contributed by atoms with Gasteiger partial charge in [0.05, 0.1) is 0 Å². The molecule has 0 unspecified atom stereocenters. The van der Waals surface area contributed by atoms with E-state index in [9.17, 15) is 4.79 Å². The zero-order chi connectivity index (χ0) is 5.86. The average Bonchev–Trinajstić information content (AvgIpc) is 1.65. The van der Waals surface area contributed by atoms with E-state index in [1.165, 1.54) is 0 Å². The fourth-order valence-electron chi connectivity index (χ4n) is 0.183. The molecule has 0 rings (SSSR count). The molecule has 0 aliphatic carbocycles. The number of ketones is 1. The third-order valence-corrected chi connectivity index (χ3v) is 0.800. The molecule has 0 atom stereocenters. The minimum Gasteiger partial charge on any atom is -0.389 e. The van der Waals surface area contributed by atoms with Crippen LogP contribution in [0.1, 0.15) is 13.8 Å². The third kappa shape index (κ3) is 2.34. The standard InChI is InChI=1S/C5H10O2/c1-4(2)5(7)3-6/h4,6H,3H2,1-2H3/i3+2,5+2. The molecule has 2 heteroatoms. The van der Waals surface area contributed by atoms with E-state index >= 15 is 0 Å². The predicted octanol–water partition coefficient (Wildman–Crippen LogP) is 0.204. The van der Waals surface area contributed by atoms with Gasteiger partial charge in [-0.25, -0.2) is 0 Å². The number of aliphatic hydroxyl groups excluding tert-OH is 1. The Morgan fingerprint density at radius 2 is 2.14 bits per heavy atom. The second-order valence-corrected chi connectivity index (χ2v) is 1.78. The van der Waals surface area contributed by atoms with Crippen LogP contribution >= 0.6 is 0 Å². The molecule has 0 aliphatic heterocycles. The van der Waals surface area contributed by atoms with Crippen LogP contribution in [0.2, 0.25) is 0 Å². The molecule has 7 heavy (non-hydrogen) atoms. The highest BCUT2D eigenvalue weighted by molar-refractivity contribution is 5.81. The quantitative estimate of drug-likeness (QED) is 0.546. The van der Waals surface area contributed by atoms with E-state index in [0.717, 1.165) is 0 Å². The topological polar surface area (TPSA) is 37.3 Å². The van der Waals surface area contributed by atoms with Crippen LogP contribution in [0.4, 0.5) is 0 Å². The number of carbonyl (C=O) groups excluding carboxylic acids is 1. The molecule has 0 spiro atoms. The van der Waals surface area contributed by atoms with Crippen molar-refractivity contribution in [3.63, 3.8) is 0 Å². The molecule has 0 amide bonds. The van der Waals surface area contributed by atoms with E-state index in [4.69, 9.17) is 5.11 Å². The smallest absolute Gasteiger partial charge is 0.160 e. The Bertz CT molecular complexity index is 66.5. The summed E-state index contributed by atoms with van der Waals surface area (Å²) >= 11 is 0. The minimum atomic E-state index is -0.322. The normalized spacial score (nSPS) is 9.71. The maximum atomic E-state index is 10.3. The van der Waals surface area contributed by atoms with Crippen LogP contribution in [0, 0.1) is 5.92 Å². The van der Waals surface area contributed by atoms with Gasteiger partial charge >= 0.3 is 0 Å². The summed E-state index contributed by atoms with van der Waals surface area (Å²) in [5, 5.41) is 8.16. The molecular weight excluding hydrogens is 96.0 g/mol. The first kappa shape index (κ1) is 6.63. The van der Waals surface area contributed by atoms with E-state index in [0.29, 0.717) is 0 Å². The predicted molar refractivity (Wildman–Crippen MR) is 26.9 cm³/mol. The fourth-order valence-corrected chi connectivity index (χ4v) is 0.183. The lowest BCUT2D eigenvalue weighted by molar-refractivity contribution is -0.124. The molecule has 0 aromatic heterocycles.